The molecule has 0 saturated heterocycles. The first-order valence-corrected chi connectivity index (χ1v) is 10.3. The minimum Gasteiger partial charge on any atom is -0.441 e. The van der Waals surface area contributed by atoms with Gasteiger partial charge in [0.2, 0.25) is 11.8 Å². The number of aromatic amines is 1. The number of aromatic nitrogens is 3. The summed E-state index contributed by atoms with van der Waals surface area (Å²) in [5.74, 6) is 2.28. The Morgan fingerprint density at radius 2 is 1.80 bits per heavy atom. The summed E-state index contributed by atoms with van der Waals surface area (Å²) in [6.07, 6.45) is 0.954. The van der Waals surface area contributed by atoms with Crippen molar-refractivity contribution in [2.75, 3.05) is 0 Å². The topological polar surface area (TPSA) is 83.8 Å². The molecule has 0 aliphatic carbocycles. The number of nitrogens with one attached hydrogen (secondary N) is 2. The fraction of sp³-hybridized carbons (Fsp3) is 0.292. The first-order valence-electron chi connectivity index (χ1n) is 10.3. The number of hydrogen-bond donors (Lipinski definition) is 2. The van der Waals surface area contributed by atoms with Crippen LogP contribution in [0.2, 0.25) is 0 Å². The van der Waals surface area contributed by atoms with Crippen LogP contribution in [-0.2, 0) is 11.2 Å². The number of amides is 1. The molecule has 0 fully saturated rings. The van der Waals surface area contributed by atoms with Crippen molar-refractivity contribution in [1.29, 1.82) is 0 Å². The molecule has 0 saturated carbocycles. The molecule has 0 spiro atoms. The molecule has 154 valence electrons. The third-order valence-corrected chi connectivity index (χ3v) is 5.02. The molecule has 1 unspecified atom stereocenters. The van der Waals surface area contributed by atoms with E-state index in [2.05, 4.69) is 34.1 Å². The second kappa shape index (κ2) is 8.53. The summed E-state index contributed by atoms with van der Waals surface area (Å²) < 4.78 is 5.79. The molecule has 6 nitrogen and oxygen atoms in total. The van der Waals surface area contributed by atoms with E-state index in [9.17, 15) is 4.79 Å². The molecular weight excluding hydrogens is 376 g/mol. The van der Waals surface area contributed by atoms with Crippen LogP contribution >= 0.6 is 0 Å². The molecule has 2 heterocycles. The number of aryl methyl sites for hydroxylation is 1. The number of nitrogens with zero attached hydrogens (tertiary/aromatic N) is 2. The molecule has 2 aromatic carbocycles. The van der Waals surface area contributed by atoms with Gasteiger partial charge in [-0.15, -0.1) is 0 Å². The molecule has 30 heavy (non-hydrogen) atoms. The lowest BCUT2D eigenvalue weighted by molar-refractivity contribution is -0.121. The van der Waals surface area contributed by atoms with Crippen molar-refractivity contribution < 1.29 is 9.21 Å². The quantitative estimate of drug-likeness (QED) is 0.457. The van der Waals surface area contributed by atoms with Crippen LogP contribution in [0.1, 0.15) is 43.6 Å². The highest BCUT2D eigenvalue weighted by molar-refractivity contribution is 5.79. The standard InChI is InChI=1S/C24H26N4O2/c1-15(2)13-21(23-26-18-11-7-8-12-19(18)27-23)25-22(29)14-20-16(3)30-24(28-20)17-9-5-4-6-10-17/h4-12,15,21H,13-14H2,1-3H3,(H,25,29)(H,26,27). The van der Waals surface area contributed by atoms with Gasteiger partial charge in [-0.3, -0.25) is 4.79 Å². The van der Waals surface area contributed by atoms with Crippen molar-refractivity contribution >= 4 is 16.9 Å². The fourth-order valence-corrected chi connectivity index (χ4v) is 3.54. The average Bonchev–Trinajstić information content (AvgIpc) is 3.31. The summed E-state index contributed by atoms with van der Waals surface area (Å²) in [6, 6.07) is 17.4. The smallest absolute Gasteiger partial charge is 0.226 e. The Kier molecular flexibility index (Phi) is 5.65. The van der Waals surface area contributed by atoms with E-state index in [4.69, 9.17) is 4.42 Å². The number of benzene rings is 2. The van der Waals surface area contributed by atoms with Gasteiger partial charge in [-0.05, 0) is 43.5 Å². The molecule has 2 N–H and O–H groups in total. The maximum Gasteiger partial charge on any atom is 0.226 e. The largest absolute Gasteiger partial charge is 0.441 e. The molecular formula is C24H26N4O2. The molecule has 0 aliphatic rings. The predicted octanol–water partition coefficient (Wildman–Crippen LogP) is 4.97. The van der Waals surface area contributed by atoms with E-state index in [1.54, 1.807) is 0 Å². The van der Waals surface area contributed by atoms with Crippen molar-refractivity contribution in [2.45, 2.75) is 39.7 Å². The van der Waals surface area contributed by atoms with Gasteiger partial charge in [0.05, 0.1) is 29.2 Å². The van der Waals surface area contributed by atoms with E-state index in [0.717, 1.165) is 28.8 Å². The van der Waals surface area contributed by atoms with Crippen LogP contribution in [0.25, 0.3) is 22.5 Å². The number of fused-ring (bicyclic) bond motifs is 1. The Hall–Kier alpha value is -3.41. The summed E-state index contributed by atoms with van der Waals surface area (Å²) in [7, 11) is 0. The third kappa shape index (κ3) is 4.43. The average molecular weight is 402 g/mol. The summed E-state index contributed by atoms with van der Waals surface area (Å²) >= 11 is 0. The maximum atomic E-state index is 12.9. The first-order chi connectivity index (χ1) is 14.5. The Balaban J connectivity index is 1.51. The monoisotopic (exact) mass is 402 g/mol. The van der Waals surface area contributed by atoms with E-state index in [1.165, 1.54) is 0 Å². The van der Waals surface area contributed by atoms with Gasteiger partial charge in [-0.25, -0.2) is 9.97 Å². The van der Waals surface area contributed by atoms with Crippen LogP contribution in [0.3, 0.4) is 0 Å². The van der Waals surface area contributed by atoms with E-state index in [1.807, 2.05) is 61.5 Å². The summed E-state index contributed by atoms with van der Waals surface area (Å²) in [6.45, 7) is 6.11. The van der Waals surface area contributed by atoms with Gasteiger partial charge < -0.3 is 14.7 Å². The minimum absolute atomic E-state index is 0.0999. The van der Waals surface area contributed by atoms with Gasteiger partial charge in [-0.1, -0.05) is 44.2 Å². The van der Waals surface area contributed by atoms with Crippen molar-refractivity contribution in [2.24, 2.45) is 5.92 Å². The molecule has 0 bridgehead atoms. The zero-order chi connectivity index (χ0) is 21.1. The maximum absolute atomic E-state index is 12.9. The molecule has 1 atom stereocenters. The Bertz CT molecular complexity index is 1110. The summed E-state index contributed by atoms with van der Waals surface area (Å²) in [4.78, 5) is 25.4. The number of carbonyl (C=O) groups is 1. The van der Waals surface area contributed by atoms with Gasteiger partial charge in [-0.2, -0.15) is 0 Å². The second-order valence-corrected chi connectivity index (χ2v) is 7.95. The van der Waals surface area contributed by atoms with Gasteiger partial charge >= 0.3 is 0 Å². The van der Waals surface area contributed by atoms with Crippen LogP contribution in [-0.4, -0.2) is 20.9 Å². The van der Waals surface area contributed by atoms with Crippen molar-refractivity contribution in [3.63, 3.8) is 0 Å². The van der Waals surface area contributed by atoms with Gasteiger partial charge in [0.1, 0.15) is 11.6 Å². The lowest BCUT2D eigenvalue weighted by atomic mass is 10.0. The molecule has 1 amide bonds. The number of rotatable bonds is 7. The van der Waals surface area contributed by atoms with E-state index >= 15 is 0 Å². The first kappa shape index (κ1) is 19.9. The van der Waals surface area contributed by atoms with E-state index in [-0.39, 0.29) is 18.4 Å². The van der Waals surface area contributed by atoms with Crippen molar-refractivity contribution in [3.05, 3.63) is 71.9 Å². The normalized spacial score (nSPS) is 12.4. The minimum atomic E-state index is -0.189. The highest BCUT2D eigenvalue weighted by Crippen LogP contribution is 2.24. The van der Waals surface area contributed by atoms with Gasteiger partial charge in [0, 0.05) is 5.56 Å². The molecule has 4 rings (SSSR count). The molecule has 6 heteroatoms. The van der Waals surface area contributed by atoms with Crippen LogP contribution in [0.4, 0.5) is 0 Å². The zero-order valence-electron chi connectivity index (χ0n) is 17.5. The Labute approximate surface area is 175 Å². The highest BCUT2D eigenvalue weighted by atomic mass is 16.4. The third-order valence-electron chi connectivity index (χ3n) is 5.02. The second-order valence-electron chi connectivity index (χ2n) is 7.95. The number of imidazole rings is 1. The molecule has 4 aromatic rings. The lowest BCUT2D eigenvalue weighted by Crippen LogP contribution is -2.31. The van der Waals surface area contributed by atoms with Crippen LogP contribution < -0.4 is 5.32 Å². The SMILES string of the molecule is Cc1oc(-c2ccccc2)nc1CC(=O)NC(CC(C)C)c1nc2ccccc2[nH]1. The number of H-pyrrole nitrogens is 1. The van der Waals surface area contributed by atoms with Gasteiger partial charge in [0.15, 0.2) is 0 Å². The zero-order valence-corrected chi connectivity index (χ0v) is 17.5. The predicted molar refractivity (Wildman–Crippen MR) is 117 cm³/mol. The van der Waals surface area contributed by atoms with Crippen LogP contribution in [0, 0.1) is 12.8 Å². The lowest BCUT2D eigenvalue weighted by Gasteiger charge is -2.18. The Morgan fingerprint density at radius 1 is 1.07 bits per heavy atom. The Morgan fingerprint density at radius 3 is 2.53 bits per heavy atom. The number of hydrogen-bond acceptors (Lipinski definition) is 4. The molecule has 2 aromatic heterocycles. The summed E-state index contributed by atoms with van der Waals surface area (Å²) in [5.41, 5.74) is 3.41. The van der Waals surface area contributed by atoms with Crippen molar-refractivity contribution in [1.82, 2.24) is 20.3 Å². The van der Waals surface area contributed by atoms with E-state index in [0.29, 0.717) is 23.3 Å². The fourth-order valence-electron chi connectivity index (χ4n) is 3.54. The number of para-hydroxylation sites is 2. The summed E-state index contributed by atoms with van der Waals surface area (Å²) in [5, 5.41) is 3.14. The van der Waals surface area contributed by atoms with Gasteiger partial charge in [0.25, 0.3) is 0 Å². The molecule has 0 aliphatic heterocycles. The number of carbonyl (C=O) groups excluding carboxylic acids is 1. The van der Waals surface area contributed by atoms with Crippen LogP contribution in [0.15, 0.2) is 59.0 Å². The van der Waals surface area contributed by atoms with Crippen molar-refractivity contribution in [3.8, 4) is 11.5 Å². The van der Waals surface area contributed by atoms with Crippen LogP contribution in [0.5, 0.6) is 0 Å². The van der Waals surface area contributed by atoms with E-state index < -0.39 is 0 Å². The highest BCUT2D eigenvalue weighted by Gasteiger charge is 2.21. The molecule has 0 radical (unpaired) electrons. The number of oxazole rings is 1.